The third-order valence-electron chi connectivity index (χ3n) is 2.11. The predicted molar refractivity (Wildman–Crippen MR) is 73.6 cm³/mol. The highest BCUT2D eigenvalue weighted by molar-refractivity contribution is 7.89. The lowest BCUT2D eigenvalue weighted by molar-refractivity contribution is -0.384. The predicted octanol–water partition coefficient (Wildman–Crippen LogP) is 2.81. The molecule has 0 amide bonds. The molecule has 0 aliphatic carbocycles. The summed E-state index contributed by atoms with van der Waals surface area (Å²) >= 11 is 16.8. The molecule has 6 nitrogen and oxygen atoms in total. The van der Waals surface area contributed by atoms with E-state index in [2.05, 4.69) is 4.72 Å². The fourth-order valence-electron chi connectivity index (χ4n) is 1.25. The lowest BCUT2D eigenvalue weighted by atomic mass is 10.3. The Hall–Kier alpha value is -0.600. The molecule has 0 saturated carbocycles. The average molecular weight is 348 g/mol. The molecular weight excluding hydrogens is 339 g/mol. The van der Waals surface area contributed by atoms with E-state index in [-0.39, 0.29) is 22.3 Å². The molecule has 0 atom stereocenters. The molecule has 0 spiro atoms. The van der Waals surface area contributed by atoms with E-state index in [9.17, 15) is 18.5 Å². The number of rotatable bonds is 6. The highest BCUT2D eigenvalue weighted by atomic mass is 35.5. The number of hydrogen-bond donors (Lipinski definition) is 1. The summed E-state index contributed by atoms with van der Waals surface area (Å²) in [5.74, 6) is 0.289. The summed E-state index contributed by atoms with van der Waals surface area (Å²) in [5, 5.41) is 10.0. The van der Waals surface area contributed by atoms with Crippen LogP contribution in [0.4, 0.5) is 5.69 Å². The molecule has 1 aromatic rings. The number of sulfonamides is 1. The second-order valence-electron chi connectivity index (χ2n) is 3.41. The van der Waals surface area contributed by atoms with Crippen molar-refractivity contribution in [3.63, 3.8) is 0 Å². The Morgan fingerprint density at radius 1 is 1.32 bits per heavy atom. The molecule has 0 bridgehead atoms. The molecule has 0 aromatic heterocycles. The highest BCUT2D eigenvalue weighted by Crippen LogP contribution is 2.36. The van der Waals surface area contributed by atoms with E-state index >= 15 is 0 Å². The van der Waals surface area contributed by atoms with Gasteiger partial charge in [-0.15, -0.1) is 11.6 Å². The van der Waals surface area contributed by atoms with Crippen molar-refractivity contribution in [3.8, 4) is 0 Å². The fourth-order valence-corrected chi connectivity index (χ4v) is 3.34. The Labute approximate surface area is 124 Å². The molecule has 10 heteroatoms. The number of alkyl halides is 1. The summed E-state index contributed by atoms with van der Waals surface area (Å²) in [4.78, 5) is 9.57. The van der Waals surface area contributed by atoms with Crippen LogP contribution in [0.2, 0.25) is 10.0 Å². The second-order valence-corrected chi connectivity index (χ2v) is 6.30. The fraction of sp³-hybridized carbons (Fsp3) is 0.333. The summed E-state index contributed by atoms with van der Waals surface area (Å²) in [5.41, 5.74) is -0.636. The van der Waals surface area contributed by atoms with Gasteiger partial charge >= 0.3 is 5.69 Å². The quantitative estimate of drug-likeness (QED) is 0.371. The number of halogens is 3. The molecule has 19 heavy (non-hydrogen) atoms. The lowest BCUT2D eigenvalue weighted by Crippen LogP contribution is -2.25. The maximum absolute atomic E-state index is 11.9. The Kier molecular flexibility index (Phi) is 5.82. The van der Waals surface area contributed by atoms with E-state index < -0.39 is 25.7 Å². The van der Waals surface area contributed by atoms with Crippen LogP contribution in [0.5, 0.6) is 0 Å². The Bertz CT molecular complexity index is 591. The Morgan fingerprint density at radius 3 is 2.47 bits per heavy atom. The molecule has 0 saturated heterocycles. The van der Waals surface area contributed by atoms with Gasteiger partial charge < -0.3 is 0 Å². The molecule has 0 unspecified atom stereocenters. The van der Waals surface area contributed by atoms with Crippen LogP contribution in [0.3, 0.4) is 0 Å². The minimum atomic E-state index is -3.94. The van der Waals surface area contributed by atoms with Crippen molar-refractivity contribution in [2.24, 2.45) is 0 Å². The van der Waals surface area contributed by atoms with Gasteiger partial charge in [-0.3, -0.25) is 10.1 Å². The SMILES string of the molecule is O=[N+]([O-])c1c(Cl)ccc(S(=O)(=O)NCCCCl)c1Cl. The van der Waals surface area contributed by atoms with E-state index in [1.807, 2.05) is 0 Å². The molecular formula is C9H9Cl3N2O4S. The van der Waals surface area contributed by atoms with Gasteiger partial charge in [0.15, 0.2) is 0 Å². The Morgan fingerprint density at radius 2 is 1.95 bits per heavy atom. The van der Waals surface area contributed by atoms with Crippen LogP contribution in [0.25, 0.3) is 0 Å². The topological polar surface area (TPSA) is 89.3 Å². The monoisotopic (exact) mass is 346 g/mol. The van der Waals surface area contributed by atoms with Gasteiger partial charge in [0.25, 0.3) is 0 Å². The van der Waals surface area contributed by atoms with Crippen LogP contribution in [0.15, 0.2) is 17.0 Å². The maximum Gasteiger partial charge on any atom is 0.307 e. The van der Waals surface area contributed by atoms with E-state index in [1.54, 1.807) is 0 Å². The van der Waals surface area contributed by atoms with Crippen molar-refractivity contribution in [2.75, 3.05) is 12.4 Å². The van der Waals surface area contributed by atoms with Crippen LogP contribution < -0.4 is 4.72 Å². The standard InChI is InChI=1S/C9H9Cl3N2O4S/c10-4-1-5-13-19(17,18)7-3-2-6(11)9(8(7)12)14(15)16/h2-3,13H,1,4-5H2. The molecule has 106 valence electrons. The van der Waals surface area contributed by atoms with Crippen LogP contribution in [-0.4, -0.2) is 25.8 Å². The summed E-state index contributed by atoms with van der Waals surface area (Å²) in [7, 11) is -3.94. The molecule has 0 fully saturated rings. The van der Waals surface area contributed by atoms with Gasteiger partial charge in [0.1, 0.15) is 14.9 Å². The van der Waals surface area contributed by atoms with E-state index in [0.717, 1.165) is 12.1 Å². The largest absolute Gasteiger partial charge is 0.307 e. The number of nitro benzene ring substituents is 1. The lowest BCUT2D eigenvalue weighted by Gasteiger charge is -2.08. The first kappa shape index (κ1) is 16.5. The third-order valence-corrected chi connectivity index (χ3v) is 4.68. The number of nitrogens with zero attached hydrogens (tertiary/aromatic N) is 1. The number of hydrogen-bond acceptors (Lipinski definition) is 4. The first-order chi connectivity index (χ1) is 8.81. The van der Waals surface area contributed by atoms with Crippen LogP contribution in [-0.2, 0) is 10.0 Å². The number of nitrogens with one attached hydrogen (secondary N) is 1. The number of benzene rings is 1. The maximum atomic E-state index is 11.9. The molecule has 0 heterocycles. The zero-order valence-electron chi connectivity index (χ0n) is 9.40. The van der Waals surface area contributed by atoms with Crippen molar-refractivity contribution in [1.29, 1.82) is 0 Å². The summed E-state index contributed by atoms with van der Waals surface area (Å²) < 4.78 is 26.1. The highest BCUT2D eigenvalue weighted by Gasteiger charge is 2.27. The summed E-state index contributed by atoms with van der Waals surface area (Å²) in [6.45, 7) is 0.110. The van der Waals surface area contributed by atoms with Crippen molar-refractivity contribution in [2.45, 2.75) is 11.3 Å². The molecule has 0 aliphatic heterocycles. The number of nitro groups is 1. The van der Waals surface area contributed by atoms with Gasteiger partial charge in [-0.1, -0.05) is 23.2 Å². The summed E-state index contributed by atoms with van der Waals surface area (Å²) in [6.07, 6.45) is 0.425. The zero-order valence-corrected chi connectivity index (χ0v) is 12.5. The average Bonchev–Trinajstić information content (AvgIpc) is 2.28. The molecule has 1 aromatic carbocycles. The van der Waals surface area contributed by atoms with E-state index in [4.69, 9.17) is 34.8 Å². The molecule has 1 N–H and O–H groups in total. The Balaban J connectivity index is 3.21. The van der Waals surface area contributed by atoms with E-state index in [1.165, 1.54) is 0 Å². The molecule has 0 aliphatic rings. The normalized spacial score (nSPS) is 11.5. The van der Waals surface area contributed by atoms with Gasteiger partial charge in [0.2, 0.25) is 10.0 Å². The second kappa shape index (κ2) is 6.71. The summed E-state index contributed by atoms with van der Waals surface area (Å²) in [6, 6.07) is 2.22. The van der Waals surface area contributed by atoms with Gasteiger partial charge in [-0.25, -0.2) is 13.1 Å². The minimum Gasteiger partial charge on any atom is -0.258 e. The molecule has 1 rings (SSSR count). The minimum absolute atomic E-state index is 0.110. The van der Waals surface area contributed by atoms with Crippen LogP contribution in [0.1, 0.15) is 6.42 Å². The van der Waals surface area contributed by atoms with Crippen molar-refractivity contribution in [3.05, 3.63) is 32.3 Å². The van der Waals surface area contributed by atoms with Gasteiger partial charge in [0, 0.05) is 12.4 Å². The van der Waals surface area contributed by atoms with Crippen LogP contribution in [0, 0.1) is 10.1 Å². The van der Waals surface area contributed by atoms with Crippen molar-refractivity contribution >= 4 is 50.5 Å². The third kappa shape index (κ3) is 3.93. The van der Waals surface area contributed by atoms with E-state index in [0.29, 0.717) is 6.42 Å². The van der Waals surface area contributed by atoms with Gasteiger partial charge in [-0.05, 0) is 18.6 Å². The van der Waals surface area contributed by atoms with Gasteiger partial charge in [-0.2, -0.15) is 0 Å². The van der Waals surface area contributed by atoms with Gasteiger partial charge in [0.05, 0.1) is 4.92 Å². The zero-order chi connectivity index (χ0) is 14.6. The smallest absolute Gasteiger partial charge is 0.258 e. The van der Waals surface area contributed by atoms with Crippen molar-refractivity contribution in [1.82, 2.24) is 4.72 Å². The molecule has 0 radical (unpaired) electrons. The first-order valence-corrected chi connectivity index (χ1v) is 7.76. The van der Waals surface area contributed by atoms with Crippen LogP contribution >= 0.6 is 34.8 Å². The van der Waals surface area contributed by atoms with Crippen molar-refractivity contribution < 1.29 is 13.3 Å². The first-order valence-electron chi connectivity index (χ1n) is 4.99.